The van der Waals surface area contributed by atoms with Gasteiger partial charge in [-0.2, -0.15) is 0 Å². The number of aliphatic hydroxyl groups excluding tert-OH is 1. The van der Waals surface area contributed by atoms with Crippen molar-refractivity contribution >= 4 is 28.6 Å². The Morgan fingerprint density at radius 1 is 1.63 bits per heavy atom. The van der Waals surface area contributed by atoms with Gasteiger partial charge in [-0.05, 0) is 13.0 Å². The lowest BCUT2D eigenvalue weighted by Gasteiger charge is -1.89. The molecule has 1 N–H and O–H groups in total. The van der Waals surface area contributed by atoms with Crippen LogP contribution < -0.4 is 0 Å². The molecule has 0 aromatic carbocycles. The van der Waals surface area contributed by atoms with Gasteiger partial charge >= 0.3 is 5.88 Å². The highest BCUT2D eigenvalue weighted by Gasteiger charge is 2.10. The molecule has 0 bridgehead atoms. The van der Waals surface area contributed by atoms with Gasteiger partial charge in [0.15, 0.2) is 5.76 Å². The Morgan fingerprint density at radius 2 is 2.42 bits per heavy atom. The fraction of sp³-hybridized carbons (Fsp3) is 0.273. The standard InChI is InChI=1S/C11H11N3O4S/c1-7-9(4-5-15)19-11(13-7)12-6-8-2-3-10(18-8)14(16)17/h2-3,6,15H,4-5H2,1H3/b12-6+. The number of nitrogens with zero attached hydrogens (tertiary/aromatic N) is 3. The minimum absolute atomic E-state index is 0.0660. The lowest BCUT2D eigenvalue weighted by atomic mass is 10.3. The first-order valence-electron chi connectivity index (χ1n) is 5.45. The predicted octanol–water partition coefficient (Wildman–Crippen LogP) is 2.24. The van der Waals surface area contributed by atoms with Gasteiger partial charge in [0.05, 0.1) is 18.0 Å². The second-order valence-electron chi connectivity index (χ2n) is 3.67. The summed E-state index contributed by atoms with van der Waals surface area (Å²) >= 11 is 1.37. The first-order valence-corrected chi connectivity index (χ1v) is 6.27. The summed E-state index contributed by atoms with van der Waals surface area (Å²) in [5, 5.41) is 19.8. The molecule has 0 spiro atoms. The fourth-order valence-electron chi connectivity index (χ4n) is 1.43. The second kappa shape index (κ2) is 5.72. The normalized spacial score (nSPS) is 11.3. The molecule has 0 saturated carbocycles. The van der Waals surface area contributed by atoms with Crippen LogP contribution in [-0.2, 0) is 6.42 Å². The summed E-state index contributed by atoms with van der Waals surface area (Å²) in [6.07, 6.45) is 1.93. The van der Waals surface area contributed by atoms with Crippen molar-refractivity contribution < 1.29 is 14.4 Å². The van der Waals surface area contributed by atoms with Crippen LogP contribution in [0.15, 0.2) is 21.5 Å². The van der Waals surface area contributed by atoms with Crippen LogP contribution in [0, 0.1) is 17.0 Å². The molecule has 19 heavy (non-hydrogen) atoms. The Balaban J connectivity index is 2.13. The number of rotatable bonds is 5. The maximum atomic E-state index is 10.4. The van der Waals surface area contributed by atoms with E-state index in [9.17, 15) is 10.1 Å². The molecule has 0 fully saturated rings. The largest absolute Gasteiger partial charge is 0.433 e. The van der Waals surface area contributed by atoms with Crippen molar-refractivity contribution in [2.45, 2.75) is 13.3 Å². The zero-order valence-electron chi connectivity index (χ0n) is 10.1. The third-order valence-electron chi connectivity index (χ3n) is 2.32. The highest BCUT2D eigenvalue weighted by atomic mass is 32.1. The Labute approximate surface area is 112 Å². The fourth-order valence-corrected chi connectivity index (χ4v) is 2.33. The average molecular weight is 281 g/mol. The lowest BCUT2D eigenvalue weighted by Crippen LogP contribution is -1.88. The highest BCUT2D eigenvalue weighted by Crippen LogP contribution is 2.25. The number of hydrogen-bond acceptors (Lipinski definition) is 7. The lowest BCUT2D eigenvalue weighted by molar-refractivity contribution is -0.402. The summed E-state index contributed by atoms with van der Waals surface area (Å²) in [5.74, 6) is -0.0269. The van der Waals surface area contributed by atoms with E-state index < -0.39 is 4.92 Å². The molecule has 8 heteroatoms. The number of aromatic nitrogens is 1. The third kappa shape index (κ3) is 3.24. The zero-order valence-corrected chi connectivity index (χ0v) is 10.9. The molecular weight excluding hydrogens is 270 g/mol. The highest BCUT2D eigenvalue weighted by molar-refractivity contribution is 7.15. The van der Waals surface area contributed by atoms with Crippen LogP contribution in [-0.4, -0.2) is 27.8 Å². The monoisotopic (exact) mass is 281 g/mol. The summed E-state index contributed by atoms with van der Waals surface area (Å²) in [6, 6.07) is 2.74. The van der Waals surface area contributed by atoms with E-state index in [2.05, 4.69) is 9.98 Å². The first-order chi connectivity index (χ1) is 9.10. The van der Waals surface area contributed by atoms with Gasteiger partial charge in [-0.1, -0.05) is 11.3 Å². The van der Waals surface area contributed by atoms with Crippen molar-refractivity contribution in [1.29, 1.82) is 0 Å². The van der Waals surface area contributed by atoms with E-state index in [-0.39, 0.29) is 12.5 Å². The van der Waals surface area contributed by atoms with Crippen molar-refractivity contribution in [1.82, 2.24) is 4.98 Å². The maximum absolute atomic E-state index is 10.4. The molecule has 0 amide bonds. The van der Waals surface area contributed by atoms with E-state index in [4.69, 9.17) is 9.52 Å². The maximum Gasteiger partial charge on any atom is 0.433 e. The SMILES string of the molecule is Cc1nc(/N=C/c2ccc([N+](=O)[O-])o2)sc1CCO. The molecule has 2 rings (SSSR count). The summed E-state index contributed by atoms with van der Waals surface area (Å²) in [6.45, 7) is 1.91. The number of thiazole rings is 1. The van der Waals surface area contributed by atoms with E-state index in [0.29, 0.717) is 17.3 Å². The van der Waals surface area contributed by atoms with Crippen LogP contribution in [0.4, 0.5) is 11.0 Å². The molecule has 0 aliphatic rings. The molecule has 0 atom stereocenters. The first kappa shape index (κ1) is 13.4. The quantitative estimate of drug-likeness (QED) is 0.514. The van der Waals surface area contributed by atoms with Crippen LogP contribution >= 0.6 is 11.3 Å². The Hall–Kier alpha value is -2.06. The van der Waals surface area contributed by atoms with Gasteiger partial charge < -0.3 is 9.52 Å². The molecule has 2 heterocycles. The van der Waals surface area contributed by atoms with E-state index in [1.165, 1.54) is 29.7 Å². The minimum atomic E-state index is -0.607. The van der Waals surface area contributed by atoms with Crippen molar-refractivity contribution in [3.05, 3.63) is 38.6 Å². The smallest absolute Gasteiger partial charge is 0.400 e. The van der Waals surface area contributed by atoms with Gasteiger partial charge in [-0.3, -0.25) is 10.1 Å². The number of aliphatic hydroxyl groups is 1. The van der Waals surface area contributed by atoms with Crippen LogP contribution in [0.5, 0.6) is 0 Å². The summed E-state index contributed by atoms with van der Waals surface area (Å²) in [5.41, 5.74) is 0.830. The van der Waals surface area contributed by atoms with Gasteiger partial charge in [0.25, 0.3) is 0 Å². The summed E-state index contributed by atoms with van der Waals surface area (Å²) < 4.78 is 4.94. The Kier molecular flexibility index (Phi) is 4.03. The van der Waals surface area contributed by atoms with E-state index in [0.717, 1.165) is 10.6 Å². The Bertz CT molecular complexity index is 617. The molecule has 0 aliphatic carbocycles. The van der Waals surface area contributed by atoms with Crippen LogP contribution in [0.25, 0.3) is 0 Å². The molecule has 0 aliphatic heterocycles. The van der Waals surface area contributed by atoms with Crippen molar-refractivity contribution in [2.24, 2.45) is 4.99 Å². The van der Waals surface area contributed by atoms with E-state index in [1.807, 2.05) is 6.92 Å². The molecule has 0 unspecified atom stereocenters. The summed E-state index contributed by atoms with van der Waals surface area (Å²) in [7, 11) is 0. The minimum Gasteiger partial charge on any atom is -0.400 e. The number of aliphatic imine (C=N–C) groups is 1. The number of hydrogen-bond donors (Lipinski definition) is 1. The van der Waals surface area contributed by atoms with Gasteiger partial charge in [-0.25, -0.2) is 9.98 Å². The van der Waals surface area contributed by atoms with Crippen molar-refractivity contribution in [2.75, 3.05) is 6.61 Å². The average Bonchev–Trinajstić information content (AvgIpc) is 2.95. The van der Waals surface area contributed by atoms with Crippen LogP contribution in [0.3, 0.4) is 0 Å². The van der Waals surface area contributed by atoms with Crippen LogP contribution in [0.2, 0.25) is 0 Å². The molecule has 100 valence electrons. The topological polar surface area (TPSA) is 102 Å². The molecule has 7 nitrogen and oxygen atoms in total. The Morgan fingerprint density at radius 3 is 3.05 bits per heavy atom. The van der Waals surface area contributed by atoms with Crippen molar-refractivity contribution in [3.8, 4) is 0 Å². The van der Waals surface area contributed by atoms with Gasteiger partial charge in [0.2, 0.25) is 5.13 Å². The number of nitro groups is 1. The van der Waals surface area contributed by atoms with Crippen LogP contribution in [0.1, 0.15) is 16.3 Å². The number of furan rings is 1. The molecule has 0 saturated heterocycles. The summed E-state index contributed by atoms with van der Waals surface area (Å²) in [4.78, 5) is 19.1. The second-order valence-corrected chi connectivity index (χ2v) is 4.73. The van der Waals surface area contributed by atoms with Gasteiger partial charge in [0.1, 0.15) is 4.92 Å². The van der Waals surface area contributed by atoms with Gasteiger partial charge in [-0.15, -0.1) is 0 Å². The number of aryl methyl sites for hydroxylation is 1. The zero-order chi connectivity index (χ0) is 13.8. The molecular formula is C11H11N3O4S. The molecule has 2 aromatic rings. The van der Waals surface area contributed by atoms with E-state index in [1.54, 1.807) is 0 Å². The third-order valence-corrected chi connectivity index (χ3v) is 3.44. The van der Waals surface area contributed by atoms with Crippen molar-refractivity contribution in [3.63, 3.8) is 0 Å². The molecule has 0 radical (unpaired) electrons. The van der Waals surface area contributed by atoms with E-state index >= 15 is 0 Å². The predicted molar refractivity (Wildman–Crippen MR) is 70.3 cm³/mol. The van der Waals surface area contributed by atoms with Gasteiger partial charge in [0, 0.05) is 17.9 Å². The molecule has 2 aromatic heterocycles.